The summed E-state index contributed by atoms with van der Waals surface area (Å²) in [5, 5.41) is 1.28. The van der Waals surface area contributed by atoms with Gasteiger partial charge >= 0.3 is 125 Å². The van der Waals surface area contributed by atoms with E-state index in [1.54, 1.807) is 0 Å². The molecule has 1 spiro atoms. The van der Waals surface area contributed by atoms with Crippen molar-refractivity contribution in [2.45, 2.75) is 44.5 Å². The van der Waals surface area contributed by atoms with Crippen LogP contribution in [0, 0.1) is 16.7 Å². The van der Waals surface area contributed by atoms with Crippen molar-refractivity contribution in [1.29, 1.82) is 0 Å². The van der Waals surface area contributed by atoms with Crippen molar-refractivity contribution in [3.05, 3.63) is 30.3 Å². The summed E-state index contributed by atoms with van der Waals surface area (Å²) < 4.78 is 8.12. The van der Waals surface area contributed by atoms with Gasteiger partial charge in [0.05, 0.1) is 0 Å². The maximum atomic E-state index is 6.69. The van der Waals surface area contributed by atoms with Crippen molar-refractivity contribution in [3.8, 4) is 0 Å². The van der Waals surface area contributed by atoms with E-state index in [1.165, 1.54) is 29.0 Å². The molecule has 104 valence electrons. The van der Waals surface area contributed by atoms with E-state index in [-0.39, 0.29) is 0 Å². The minimum absolute atomic E-state index is 0.455. The van der Waals surface area contributed by atoms with Gasteiger partial charge in [0.25, 0.3) is 0 Å². The van der Waals surface area contributed by atoms with Crippen LogP contribution in [0.3, 0.4) is 0 Å². The van der Waals surface area contributed by atoms with Crippen molar-refractivity contribution < 1.29 is 3.82 Å². The molecule has 3 aliphatic rings. The van der Waals surface area contributed by atoms with Gasteiger partial charge in [-0.15, -0.1) is 0 Å². The number of rotatable bonds is 1. The van der Waals surface area contributed by atoms with Gasteiger partial charge in [-0.05, 0) is 0 Å². The first-order chi connectivity index (χ1) is 8.98. The standard InChI is InChI=1S/C16H21BrOSe/c1-15(2)12-8-9-16(15)11-19(17,18-14(16)10-12)13-6-4-3-5-7-13/h3-7,12,14H,8-11H2,1-2H3. The number of hydrogen-bond donors (Lipinski definition) is 0. The molecule has 2 aliphatic carbocycles. The second-order valence-electron chi connectivity index (χ2n) is 6.99. The van der Waals surface area contributed by atoms with Gasteiger partial charge in [0, 0.05) is 0 Å². The van der Waals surface area contributed by atoms with E-state index < -0.39 is 11.4 Å². The first-order valence-corrected chi connectivity index (χ1v) is 14.0. The molecule has 0 radical (unpaired) electrons. The van der Waals surface area contributed by atoms with Gasteiger partial charge in [-0.3, -0.25) is 0 Å². The van der Waals surface area contributed by atoms with E-state index in [0.717, 1.165) is 5.92 Å². The SMILES string of the molecule is CC1(C)C2CCC13C[Se](Br)(c1ccccc1)OC3C2. The average molecular weight is 388 g/mol. The Morgan fingerprint density at radius 3 is 2.63 bits per heavy atom. The fraction of sp³-hybridized carbons (Fsp3) is 0.625. The van der Waals surface area contributed by atoms with E-state index in [2.05, 4.69) is 58.3 Å². The second-order valence-corrected chi connectivity index (χ2v) is 16.9. The first-order valence-electron chi connectivity index (χ1n) is 7.22. The fourth-order valence-corrected chi connectivity index (χ4v) is 15.1. The van der Waals surface area contributed by atoms with Crippen LogP contribution >= 0.6 is 14.1 Å². The monoisotopic (exact) mass is 388 g/mol. The average Bonchev–Trinajstić information content (AvgIpc) is 2.91. The minimum atomic E-state index is -2.11. The molecule has 3 heteroatoms. The van der Waals surface area contributed by atoms with E-state index in [1.807, 2.05) is 0 Å². The summed E-state index contributed by atoms with van der Waals surface area (Å²) in [5.74, 6) is 0.891. The zero-order valence-corrected chi connectivity index (χ0v) is 14.9. The van der Waals surface area contributed by atoms with Crippen LogP contribution in [0.1, 0.15) is 33.1 Å². The molecule has 1 aromatic carbocycles. The Bertz CT molecular complexity index is 517. The van der Waals surface area contributed by atoms with Gasteiger partial charge in [0.2, 0.25) is 0 Å². The zero-order chi connectivity index (χ0) is 13.3. The normalized spacial score (nSPS) is 49.8. The van der Waals surface area contributed by atoms with Gasteiger partial charge in [0.15, 0.2) is 0 Å². The molecular weight excluding hydrogens is 367 g/mol. The Morgan fingerprint density at radius 1 is 1.26 bits per heavy atom. The molecule has 0 aromatic heterocycles. The van der Waals surface area contributed by atoms with Gasteiger partial charge in [-0.2, -0.15) is 0 Å². The topological polar surface area (TPSA) is 9.23 Å². The zero-order valence-electron chi connectivity index (χ0n) is 11.6. The summed E-state index contributed by atoms with van der Waals surface area (Å²) in [6.45, 7) is 4.99. The Labute approximate surface area is 125 Å². The second kappa shape index (κ2) is 3.88. The van der Waals surface area contributed by atoms with Crippen LogP contribution in [0.4, 0.5) is 0 Å². The molecule has 1 aliphatic heterocycles. The third-order valence-electron chi connectivity index (χ3n) is 6.16. The molecule has 2 bridgehead atoms. The van der Waals surface area contributed by atoms with Gasteiger partial charge in [0.1, 0.15) is 0 Å². The molecule has 1 nitrogen and oxygen atoms in total. The Kier molecular flexibility index (Phi) is 2.63. The van der Waals surface area contributed by atoms with Crippen LogP contribution in [0.25, 0.3) is 0 Å². The summed E-state index contributed by atoms with van der Waals surface area (Å²) in [5.41, 5.74) is 0.927. The van der Waals surface area contributed by atoms with Crippen molar-refractivity contribution in [1.82, 2.24) is 0 Å². The van der Waals surface area contributed by atoms with Crippen LogP contribution in [0.2, 0.25) is 5.32 Å². The predicted molar refractivity (Wildman–Crippen MR) is 84.0 cm³/mol. The summed E-state index contributed by atoms with van der Waals surface area (Å²) in [4.78, 5) is 0. The quantitative estimate of drug-likeness (QED) is 0.662. The van der Waals surface area contributed by atoms with Gasteiger partial charge < -0.3 is 0 Å². The summed E-state index contributed by atoms with van der Waals surface area (Å²) in [7, 11) is 0. The molecule has 3 fully saturated rings. The van der Waals surface area contributed by atoms with E-state index >= 15 is 0 Å². The van der Waals surface area contributed by atoms with Crippen molar-refractivity contribution in [2.24, 2.45) is 16.7 Å². The number of fused-ring (bicyclic) bond motifs is 1. The van der Waals surface area contributed by atoms with Gasteiger partial charge in [-0.1, -0.05) is 0 Å². The molecule has 0 amide bonds. The van der Waals surface area contributed by atoms with Crippen molar-refractivity contribution in [2.75, 3.05) is 0 Å². The summed E-state index contributed by atoms with van der Waals surface area (Å²) >= 11 is 1.98. The number of halogens is 1. The fourth-order valence-electron chi connectivity index (χ4n) is 4.79. The first kappa shape index (κ1) is 12.9. The van der Waals surface area contributed by atoms with Crippen LogP contribution < -0.4 is 4.46 Å². The molecular formula is C16H21BrOSe. The summed E-state index contributed by atoms with van der Waals surface area (Å²) in [6.07, 6.45) is 4.61. The molecule has 4 unspecified atom stereocenters. The summed E-state index contributed by atoms with van der Waals surface area (Å²) in [6, 6.07) is 10.9. The molecule has 4 atom stereocenters. The maximum absolute atomic E-state index is 6.69. The number of hydrogen-bond acceptors (Lipinski definition) is 1. The van der Waals surface area contributed by atoms with Gasteiger partial charge in [-0.25, -0.2) is 0 Å². The predicted octanol–water partition coefficient (Wildman–Crippen LogP) is 3.96. The van der Waals surface area contributed by atoms with Crippen LogP contribution in [-0.2, 0) is 3.82 Å². The van der Waals surface area contributed by atoms with Crippen molar-refractivity contribution >= 4 is 29.9 Å². The van der Waals surface area contributed by atoms with Crippen LogP contribution in [-0.4, -0.2) is 17.5 Å². The molecule has 1 saturated heterocycles. The van der Waals surface area contributed by atoms with E-state index in [0.29, 0.717) is 16.9 Å². The van der Waals surface area contributed by atoms with Crippen LogP contribution in [0.5, 0.6) is 0 Å². The third-order valence-corrected chi connectivity index (χ3v) is 15.1. The third kappa shape index (κ3) is 1.51. The molecule has 1 aromatic rings. The van der Waals surface area contributed by atoms with Crippen molar-refractivity contribution in [3.63, 3.8) is 0 Å². The Balaban J connectivity index is 1.75. The van der Waals surface area contributed by atoms with E-state index in [4.69, 9.17) is 3.82 Å². The molecule has 1 heterocycles. The molecule has 2 saturated carbocycles. The van der Waals surface area contributed by atoms with E-state index in [9.17, 15) is 0 Å². The van der Waals surface area contributed by atoms with Crippen LogP contribution in [0.15, 0.2) is 30.3 Å². The number of benzene rings is 1. The molecule has 0 N–H and O–H groups in total. The Morgan fingerprint density at radius 2 is 2.00 bits per heavy atom. The Hall–Kier alpha value is 0.179. The molecule has 4 rings (SSSR count). The molecule has 19 heavy (non-hydrogen) atoms.